The van der Waals surface area contributed by atoms with E-state index in [1.54, 1.807) is 0 Å². The van der Waals surface area contributed by atoms with Crippen molar-refractivity contribution in [3.05, 3.63) is 29.8 Å². The molecule has 0 amide bonds. The summed E-state index contributed by atoms with van der Waals surface area (Å²) in [5, 5.41) is 9.17. The molecule has 1 fully saturated rings. The van der Waals surface area contributed by atoms with Crippen molar-refractivity contribution in [1.29, 1.82) is 0 Å². The Morgan fingerprint density at radius 3 is 2.75 bits per heavy atom. The Balaban J connectivity index is 0.00000288. The molecule has 1 unspecified atom stereocenters. The maximum Gasteiger partial charge on any atom is 0.416 e. The predicted molar refractivity (Wildman–Crippen MR) is 85.7 cm³/mol. The number of aliphatic carboxylic acids is 1. The molecule has 1 atom stereocenters. The van der Waals surface area contributed by atoms with Gasteiger partial charge in [-0.05, 0) is 44.0 Å². The molecule has 0 radical (unpaired) electrons. The van der Waals surface area contributed by atoms with Crippen molar-refractivity contribution in [2.45, 2.75) is 37.9 Å². The number of benzene rings is 1. The molecule has 0 aromatic heterocycles. The first kappa shape index (κ1) is 20.6. The third-order valence-electron chi connectivity index (χ3n) is 3.92. The fourth-order valence-electron chi connectivity index (χ4n) is 2.76. The van der Waals surface area contributed by atoms with Crippen LogP contribution in [0.2, 0.25) is 0 Å². The summed E-state index contributed by atoms with van der Waals surface area (Å²) in [5.41, 5.74) is -0.739. The largest absolute Gasteiger partial charge is 0.494 e. The van der Waals surface area contributed by atoms with E-state index in [1.165, 1.54) is 12.1 Å². The second kappa shape index (κ2) is 9.13. The lowest BCUT2D eigenvalue weighted by atomic mass is 10.0. The Morgan fingerprint density at radius 2 is 2.08 bits per heavy atom. The van der Waals surface area contributed by atoms with Crippen LogP contribution in [0.1, 0.15) is 31.2 Å². The molecule has 24 heavy (non-hydrogen) atoms. The lowest BCUT2D eigenvalue weighted by Gasteiger charge is -2.32. The lowest BCUT2D eigenvalue weighted by molar-refractivity contribution is -0.144. The van der Waals surface area contributed by atoms with Gasteiger partial charge in [0.1, 0.15) is 11.8 Å². The maximum atomic E-state index is 12.6. The first-order valence-electron chi connectivity index (χ1n) is 7.65. The second-order valence-corrected chi connectivity index (χ2v) is 5.61. The van der Waals surface area contributed by atoms with Gasteiger partial charge in [-0.15, -0.1) is 12.4 Å². The van der Waals surface area contributed by atoms with Gasteiger partial charge in [-0.2, -0.15) is 13.2 Å². The quantitative estimate of drug-likeness (QED) is 0.776. The van der Waals surface area contributed by atoms with Crippen molar-refractivity contribution >= 4 is 18.4 Å². The maximum absolute atomic E-state index is 12.6. The zero-order chi connectivity index (χ0) is 16.9. The minimum Gasteiger partial charge on any atom is -0.494 e. The van der Waals surface area contributed by atoms with Gasteiger partial charge in [0.25, 0.3) is 0 Å². The number of carboxylic acids is 1. The number of carbonyl (C=O) groups is 1. The number of alkyl halides is 3. The molecule has 1 saturated heterocycles. The third-order valence-corrected chi connectivity index (χ3v) is 3.92. The van der Waals surface area contributed by atoms with Gasteiger partial charge in [-0.3, -0.25) is 9.69 Å². The normalized spacial score (nSPS) is 18.7. The first-order chi connectivity index (χ1) is 10.9. The molecular weight excluding hydrogens is 347 g/mol. The van der Waals surface area contributed by atoms with Crippen LogP contribution in [0.15, 0.2) is 24.3 Å². The minimum absolute atomic E-state index is 0. The molecule has 0 aliphatic carbocycles. The van der Waals surface area contributed by atoms with Crippen LogP contribution in [-0.2, 0) is 11.0 Å². The first-order valence-corrected chi connectivity index (χ1v) is 7.65. The van der Waals surface area contributed by atoms with Crippen LogP contribution in [-0.4, -0.2) is 41.7 Å². The Bertz CT molecular complexity index is 540. The van der Waals surface area contributed by atoms with E-state index in [9.17, 15) is 23.1 Å². The van der Waals surface area contributed by atoms with E-state index in [4.69, 9.17) is 4.74 Å². The molecule has 0 saturated carbocycles. The summed E-state index contributed by atoms with van der Waals surface area (Å²) in [5.74, 6) is -0.642. The molecule has 1 aromatic rings. The van der Waals surface area contributed by atoms with Gasteiger partial charge in [-0.1, -0.05) is 12.5 Å². The monoisotopic (exact) mass is 367 g/mol. The van der Waals surface area contributed by atoms with Gasteiger partial charge in [0.15, 0.2) is 0 Å². The summed E-state index contributed by atoms with van der Waals surface area (Å²) in [7, 11) is 0. The molecular formula is C16H21ClF3NO3. The molecule has 1 aliphatic rings. The zero-order valence-corrected chi connectivity index (χ0v) is 13.9. The number of halogens is 4. The van der Waals surface area contributed by atoms with Crippen molar-refractivity contribution < 1.29 is 27.8 Å². The molecule has 1 aliphatic heterocycles. The van der Waals surface area contributed by atoms with E-state index in [0.29, 0.717) is 19.4 Å². The molecule has 1 N–H and O–H groups in total. The highest BCUT2D eigenvalue weighted by Crippen LogP contribution is 2.31. The van der Waals surface area contributed by atoms with E-state index in [1.807, 2.05) is 4.90 Å². The van der Waals surface area contributed by atoms with Gasteiger partial charge in [0.2, 0.25) is 0 Å². The highest BCUT2D eigenvalue weighted by atomic mass is 35.5. The summed E-state index contributed by atoms with van der Waals surface area (Å²) in [6.07, 6.45) is -1.29. The van der Waals surface area contributed by atoms with Crippen molar-refractivity contribution in [3.63, 3.8) is 0 Å². The van der Waals surface area contributed by atoms with Crippen LogP contribution in [0, 0.1) is 0 Å². The number of ether oxygens (including phenoxy) is 1. The molecule has 0 spiro atoms. The summed E-state index contributed by atoms with van der Waals surface area (Å²) >= 11 is 0. The molecule has 1 aromatic carbocycles. The number of piperidine rings is 1. The molecule has 8 heteroatoms. The van der Waals surface area contributed by atoms with Crippen LogP contribution in [0.25, 0.3) is 0 Å². The highest BCUT2D eigenvalue weighted by Gasteiger charge is 2.30. The van der Waals surface area contributed by atoms with Crippen LogP contribution in [0.5, 0.6) is 5.75 Å². The lowest BCUT2D eigenvalue weighted by Crippen LogP contribution is -2.45. The van der Waals surface area contributed by atoms with Crippen LogP contribution in [0.3, 0.4) is 0 Å². The molecule has 4 nitrogen and oxygen atoms in total. The number of likely N-dealkylation sites (tertiary alicyclic amines) is 1. The molecule has 136 valence electrons. The third kappa shape index (κ3) is 5.87. The molecule has 1 heterocycles. The summed E-state index contributed by atoms with van der Waals surface area (Å²) in [4.78, 5) is 13.1. The number of carboxylic acid groups (broad SMARTS) is 1. The van der Waals surface area contributed by atoms with E-state index in [-0.39, 0.29) is 24.8 Å². The Labute approximate surface area is 145 Å². The van der Waals surface area contributed by atoms with Gasteiger partial charge < -0.3 is 9.84 Å². The van der Waals surface area contributed by atoms with Crippen LogP contribution >= 0.6 is 12.4 Å². The number of nitrogens with zero attached hydrogens (tertiary/aromatic N) is 1. The van der Waals surface area contributed by atoms with Gasteiger partial charge >= 0.3 is 12.1 Å². The topological polar surface area (TPSA) is 49.8 Å². The van der Waals surface area contributed by atoms with Crippen molar-refractivity contribution in [2.24, 2.45) is 0 Å². The Kier molecular flexibility index (Phi) is 7.83. The number of rotatable bonds is 6. The predicted octanol–water partition coefficient (Wildman–Crippen LogP) is 3.84. The summed E-state index contributed by atoms with van der Waals surface area (Å²) in [6.45, 7) is 1.56. The zero-order valence-electron chi connectivity index (χ0n) is 13.1. The number of hydrogen-bond acceptors (Lipinski definition) is 3. The Morgan fingerprint density at radius 1 is 1.33 bits per heavy atom. The number of hydrogen-bond donors (Lipinski definition) is 1. The van der Waals surface area contributed by atoms with E-state index >= 15 is 0 Å². The fraction of sp³-hybridized carbons (Fsp3) is 0.562. The summed E-state index contributed by atoms with van der Waals surface area (Å²) < 4.78 is 43.2. The van der Waals surface area contributed by atoms with Crippen LogP contribution in [0.4, 0.5) is 13.2 Å². The second-order valence-electron chi connectivity index (χ2n) is 5.61. The standard InChI is InChI=1S/C16H20F3NO3.ClH/c17-16(18,19)12-5-3-6-13(11-12)23-10-4-9-20-8-2-1-7-14(20)15(21)22;/h3,5-6,11,14H,1-2,4,7-10H2,(H,21,22);1H. The van der Waals surface area contributed by atoms with Gasteiger partial charge in [-0.25, -0.2) is 0 Å². The van der Waals surface area contributed by atoms with Gasteiger partial charge in [0, 0.05) is 6.54 Å². The fourth-order valence-corrected chi connectivity index (χ4v) is 2.76. The van der Waals surface area contributed by atoms with Crippen molar-refractivity contribution in [3.8, 4) is 5.75 Å². The van der Waals surface area contributed by atoms with Crippen molar-refractivity contribution in [1.82, 2.24) is 4.90 Å². The smallest absolute Gasteiger partial charge is 0.416 e. The summed E-state index contributed by atoms with van der Waals surface area (Å²) in [6, 6.07) is 4.30. The minimum atomic E-state index is -4.39. The van der Waals surface area contributed by atoms with E-state index in [0.717, 1.165) is 31.5 Å². The Hall–Kier alpha value is -1.47. The average Bonchev–Trinajstić information content (AvgIpc) is 2.51. The average molecular weight is 368 g/mol. The van der Waals surface area contributed by atoms with Crippen molar-refractivity contribution in [2.75, 3.05) is 19.7 Å². The van der Waals surface area contributed by atoms with E-state index in [2.05, 4.69) is 0 Å². The molecule has 0 bridgehead atoms. The van der Waals surface area contributed by atoms with E-state index < -0.39 is 23.8 Å². The van der Waals surface area contributed by atoms with Gasteiger partial charge in [0.05, 0.1) is 12.2 Å². The molecule has 2 rings (SSSR count). The van der Waals surface area contributed by atoms with Crippen LogP contribution < -0.4 is 4.74 Å². The SMILES string of the molecule is Cl.O=C(O)C1CCCCN1CCCOc1cccc(C(F)(F)F)c1. The highest BCUT2D eigenvalue weighted by molar-refractivity contribution is 5.85.